The van der Waals surface area contributed by atoms with Crippen LogP contribution in [-0.4, -0.2) is 63.4 Å². The van der Waals surface area contributed by atoms with Gasteiger partial charge in [0.05, 0.1) is 7.11 Å². The van der Waals surface area contributed by atoms with Crippen molar-refractivity contribution >= 4 is 13.8 Å². The number of nitrogens with zero attached hydrogens (tertiary/aromatic N) is 3. The molecule has 0 N–H and O–H groups in total. The standard InChI is InChI=1S/C15H27N3OP/c1-16(2)20(17(3)4,18(5)6)13-12-14-8-10-15(19-7)11-9-14/h8-13H,1-7H3/q+1/b13-12+. The molecule has 0 saturated carbocycles. The highest BCUT2D eigenvalue weighted by Gasteiger charge is 2.45. The van der Waals surface area contributed by atoms with Gasteiger partial charge in [0.2, 0.25) is 0 Å². The molecule has 0 fully saturated rings. The fourth-order valence-corrected chi connectivity index (χ4v) is 5.69. The van der Waals surface area contributed by atoms with Crippen LogP contribution >= 0.6 is 7.71 Å². The van der Waals surface area contributed by atoms with E-state index >= 15 is 0 Å². The quantitative estimate of drug-likeness (QED) is 0.751. The van der Waals surface area contributed by atoms with Gasteiger partial charge in [-0.2, -0.15) is 14.0 Å². The van der Waals surface area contributed by atoms with E-state index in [1.165, 1.54) is 5.56 Å². The van der Waals surface area contributed by atoms with Crippen LogP contribution in [0.4, 0.5) is 0 Å². The minimum Gasteiger partial charge on any atom is -0.497 e. The first-order valence-electron chi connectivity index (χ1n) is 6.60. The zero-order valence-electron chi connectivity index (χ0n) is 13.7. The van der Waals surface area contributed by atoms with Crippen LogP contribution in [0.1, 0.15) is 5.56 Å². The van der Waals surface area contributed by atoms with Crippen molar-refractivity contribution in [3.05, 3.63) is 35.6 Å². The minimum atomic E-state index is -1.61. The molecule has 112 valence electrons. The number of hydrogen-bond acceptors (Lipinski definition) is 4. The predicted octanol–water partition coefficient (Wildman–Crippen LogP) is 3.11. The SMILES string of the molecule is COc1ccc(/C=C/[P+](N(C)C)(N(C)C)N(C)C)cc1. The normalized spacial score (nSPS) is 12.9. The summed E-state index contributed by atoms with van der Waals surface area (Å²) >= 11 is 0. The van der Waals surface area contributed by atoms with Gasteiger partial charge < -0.3 is 4.74 Å². The van der Waals surface area contributed by atoms with Gasteiger partial charge in [-0.1, -0.05) is 12.1 Å². The van der Waals surface area contributed by atoms with E-state index in [4.69, 9.17) is 4.74 Å². The Morgan fingerprint density at radius 1 is 0.850 bits per heavy atom. The number of benzene rings is 1. The molecule has 0 atom stereocenters. The fraction of sp³-hybridized carbons (Fsp3) is 0.467. The van der Waals surface area contributed by atoms with Crippen LogP contribution in [0, 0.1) is 0 Å². The van der Waals surface area contributed by atoms with Crippen molar-refractivity contribution in [1.82, 2.24) is 14.0 Å². The fourth-order valence-electron chi connectivity index (χ4n) is 2.37. The Morgan fingerprint density at radius 3 is 1.65 bits per heavy atom. The Hall–Kier alpha value is -0.930. The van der Waals surface area contributed by atoms with Gasteiger partial charge in [0.1, 0.15) is 11.6 Å². The molecule has 1 rings (SSSR count). The predicted molar refractivity (Wildman–Crippen MR) is 90.0 cm³/mol. The van der Waals surface area contributed by atoms with Crippen LogP contribution in [-0.2, 0) is 0 Å². The van der Waals surface area contributed by atoms with Crippen molar-refractivity contribution in [2.75, 3.05) is 49.4 Å². The molecule has 5 heteroatoms. The summed E-state index contributed by atoms with van der Waals surface area (Å²) in [5, 5.41) is 0. The van der Waals surface area contributed by atoms with Gasteiger partial charge >= 0.3 is 0 Å². The number of hydrogen-bond donors (Lipinski definition) is 0. The average molecular weight is 296 g/mol. The molecule has 1 aromatic carbocycles. The van der Waals surface area contributed by atoms with Crippen molar-refractivity contribution in [3.63, 3.8) is 0 Å². The molecule has 0 aromatic heterocycles. The van der Waals surface area contributed by atoms with E-state index in [1.54, 1.807) is 7.11 Å². The first-order chi connectivity index (χ1) is 9.34. The van der Waals surface area contributed by atoms with Gasteiger partial charge in [0.15, 0.2) is 0 Å². The molecule has 0 unspecified atom stereocenters. The summed E-state index contributed by atoms with van der Waals surface area (Å²) in [5.74, 6) is 3.20. The summed E-state index contributed by atoms with van der Waals surface area (Å²) in [4.78, 5) is 0. The van der Waals surface area contributed by atoms with Gasteiger partial charge in [0, 0.05) is 42.3 Å². The minimum absolute atomic E-state index is 0.885. The van der Waals surface area contributed by atoms with Crippen LogP contribution in [0.15, 0.2) is 30.1 Å². The summed E-state index contributed by atoms with van der Waals surface area (Å²) in [6.45, 7) is 0. The Balaban J connectivity index is 3.07. The summed E-state index contributed by atoms with van der Waals surface area (Å²) in [6, 6.07) is 8.12. The second-order valence-corrected chi connectivity index (χ2v) is 9.17. The molecule has 0 amide bonds. The number of ether oxygens (including phenoxy) is 1. The molecule has 20 heavy (non-hydrogen) atoms. The molecule has 4 nitrogen and oxygen atoms in total. The van der Waals surface area contributed by atoms with E-state index in [1.807, 2.05) is 12.1 Å². The lowest BCUT2D eigenvalue weighted by atomic mass is 10.2. The monoisotopic (exact) mass is 296 g/mol. The van der Waals surface area contributed by atoms with Crippen LogP contribution < -0.4 is 4.74 Å². The summed E-state index contributed by atoms with van der Waals surface area (Å²) in [6.07, 6.45) is 2.19. The first kappa shape index (κ1) is 17.1. The first-order valence-corrected chi connectivity index (χ1v) is 8.31. The average Bonchev–Trinajstić information content (AvgIpc) is 2.38. The van der Waals surface area contributed by atoms with E-state index in [0.29, 0.717) is 0 Å². The third kappa shape index (κ3) is 3.58. The van der Waals surface area contributed by atoms with Crippen LogP contribution in [0.2, 0.25) is 0 Å². The largest absolute Gasteiger partial charge is 0.497 e. The molecule has 0 radical (unpaired) electrons. The van der Waals surface area contributed by atoms with Gasteiger partial charge in [0.25, 0.3) is 7.71 Å². The Labute approximate surface area is 124 Å². The molecular weight excluding hydrogens is 269 g/mol. The zero-order chi connectivity index (χ0) is 15.3. The highest BCUT2D eigenvalue weighted by atomic mass is 31.2. The Kier molecular flexibility index (Phi) is 6.15. The molecule has 0 saturated heterocycles. The van der Waals surface area contributed by atoms with Crippen LogP contribution in [0.5, 0.6) is 5.75 Å². The molecule has 0 aliphatic rings. The molecular formula is C15H27N3OP+. The number of methoxy groups -OCH3 is 1. The maximum absolute atomic E-state index is 5.19. The highest BCUT2D eigenvalue weighted by molar-refractivity contribution is 7.72. The molecule has 0 spiro atoms. The summed E-state index contributed by atoms with van der Waals surface area (Å²) in [5.41, 5.74) is 1.18. The zero-order valence-corrected chi connectivity index (χ0v) is 14.6. The van der Waals surface area contributed by atoms with E-state index in [2.05, 4.69) is 80.3 Å². The van der Waals surface area contributed by atoms with Crippen LogP contribution in [0.25, 0.3) is 6.08 Å². The lowest BCUT2D eigenvalue weighted by molar-refractivity contribution is 0.415. The second kappa shape index (κ2) is 7.19. The van der Waals surface area contributed by atoms with Crippen molar-refractivity contribution in [3.8, 4) is 5.75 Å². The molecule has 0 aliphatic carbocycles. The van der Waals surface area contributed by atoms with Crippen molar-refractivity contribution in [2.24, 2.45) is 0 Å². The Bertz CT molecular complexity index is 419. The van der Waals surface area contributed by atoms with E-state index < -0.39 is 7.71 Å². The van der Waals surface area contributed by atoms with Gasteiger partial charge in [-0.3, -0.25) is 0 Å². The van der Waals surface area contributed by atoms with E-state index in [0.717, 1.165) is 5.75 Å². The van der Waals surface area contributed by atoms with Gasteiger partial charge in [-0.05, 0) is 23.8 Å². The van der Waals surface area contributed by atoms with E-state index in [9.17, 15) is 0 Å². The molecule has 0 heterocycles. The smallest absolute Gasteiger partial charge is 0.253 e. The maximum Gasteiger partial charge on any atom is 0.253 e. The van der Waals surface area contributed by atoms with Gasteiger partial charge in [-0.15, -0.1) is 0 Å². The second-order valence-electron chi connectivity index (χ2n) is 5.25. The van der Waals surface area contributed by atoms with Crippen molar-refractivity contribution < 1.29 is 4.74 Å². The highest BCUT2D eigenvalue weighted by Crippen LogP contribution is 2.65. The van der Waals surface area contributed by atoms with Crippen LogP contribution in [0.3, 0.4) is 0 Å². The third-order valence-electron chi connectivity index (χ3n) is 3.35. The summed E-state index contributed by atoms with van der Waals surface area (Å²) < 4.78 is 12.1. The van der Waals surface area contributed by atoms with Crippen molar-refractivity contribution in [2.45, 2.75) is 0 Å². The molecule has 1 aromatic rings. The topological polar surface area (TPSA) is 19.0 Å². The molecule has 0 aliphatic heterocycles. The van der Waals surface area contributed by atoms with Gasteiger partial charge in [-0.25, -0.2) is 0 Å². The Morgan fingerprint density at radius 2 is 1.30 bits per heavy atom. The maximum atomic E-state index is 5.19. The third-order valence-corrected chi connectivity index (χ3v) is 7.43. The number of rotatable bonds is 6. The lowest BCUT2D eigenvalue weighted by Gasteiger charge is -2.37. The van der Waals surface area contributed by atoms with Crippen molar-refractivity contribution in [1.29, 1.82) is 0 Å². The summed E-state index contributed by atoms with van der Waals surface area (Å²) in [7, 11) is 12.9. The van der Waals surface area contributed by atoms with E-state index in [-0.39, 0.29) is 0 Å². The molecule has 0 bridgehead atoms. The lowest BCUT2D eigenvalue weighted by Crippen LogP contribution is -2.34.